The van der Waals surface area contributed by atoms with Crippen molar-refractivity contribution in [3.05, 3.63) is 130 Å². The van der Waals surface area contributed by atoms with Gasteiger partial charge in [-0.05, 0) is 104 Å². The van der Waals surface area contributed by atoms with E-state index in [-0.39, 0.29) is 0 Å². The molecule has 253 valence electrons. The second-order valence-electron chi connectivity index (χ2n) is 13.4. The van der Waals surface area contributed by atoms with Gasteiger partial charge in [0, 0.05) is 27.6 Å². The van der Waals surface area contributed by atoms with Crippen molar-refractivity contribution in [3.63, 3.8) is 0 Å². The minimum Gasteiger partial charge on any atom is -0.497 e. The number of aryl methyl sites for hydroxylation is 2. The average molecular weight is 712 g/mol. The Labute approximate surface area is 303 Å². The molecular formula is C42H43O5Si3. The Morgan fingerprint density at radius 1 is 0.800 bits per heavy atom. The Morgan fingerprint density at radius 2 is 1.44 bits per heavy atom. The highest BCUT2D eigenvalue weighted by Crippen LogP contribution is 2.59. The molecular weight excluding hydrogens is 669 g/mol. The SMILES string of the molecule is COc1ccc(C2(c3ccc(OC)cc3)C=Cc3c4c(c5ccc(C)cc5c3O2)-c2ccc(C)cc2C4(C)O[Si](C)CCC[Si]O[Si]C)cc1. The van der Waals surface area contributed by atoms with Crippen LogP contribution in [0.15, 0.2) is 91.0 Å². The number of benzene rings is 5. The highest BCUT2D eigenvalue weighted by molar-refractivity contribution is 6.50. The molecule has 5 aromatic rings. The minimum absolute atomic E-state index is 0.550. The molecule has 0 fully saturated rings. The van der Waals surface area contributed by atoms with Gasteiger partial charge in [0.25, 0.3) is 0 Å². The van der Waals surface area contributed by atoms with Crippen LogP contribution in [0.1, 0.15) is 52.3 Å². The number of methoxy groups -OCH3 is 2. The topological polar surface area (TPSA) is 46.2 Å². The van der Waals surface area contributed by atoms with Gasteiger partial charge in [-0.2, -0.15) is 0 Å². The van der Waals surface area contributed by atoms with Gasteiger partial charge in [0.05, 0.1) is 14.2 Å². The number of ether oxygens (including phenoxy) is 3. The Morgan fingerprint density at radius 3 is 2.08 bits per heavy atom. The summed E-state index contributed by atoms with van der Waals surface area (Å²) in [6, 6.07) is 32.2. The van der Waals surface area contributed by atoms with Crippen molar-refractivity contribution in [1.82, 2.24) is 0 Å². The van der Waals surface area contributed by atoms with E-state index >= 15 is 0 Å². The fraction of sp³-hybridized carbons (Fsp3) is 0.286. The molecule has 5 radical (unpaired) electrons. The van der Waals surface area contributed by atoms with E-state index < -0.39 is 20.2 Å². The number of hydrogen-bond acceptors (Lipinski definition) is 5. The molecule has 0 bridgehead atoms. The Hall–Kier alpha value is -3.93. The van der Waals surface area contributed by atoms with Gasteiger partial charge in [-0.25, -0.2) is 0 Å². The minimum atomic E-state index is -1.16. The molecule has 5 aromatic carbocycles. The van der Waals surface area contributed by atoms with E-state index in [2.05, 4.69) is 107 Å². The van der Waals surface area contributed by atoms with Crippen LogP contribution in [-0.2, 0) is 19.7 Å². The van der Waals surface area contributed by atoms with Crippen molar-refractivity contribution in [2.75, 3.05) is 14.2 Å². The van der Waals surface area contributed by atoms with Crippen LogP contribution in [0.5, 0.6) is 17.2 Å². The summed E-state index contributed by atoms with van der Waals surface area (Å²) in [6.45, 7) is 11.0. The smallest absolute Gasteiger partial charge is 0.214 e. The van der Waals surface area contributed by atoms with Gasteiger partial charge in [0.15, 0.2) is 5.60 Å². The summed E-state index contributed by atoms with van der Waals surface area (Å²) in [5.74, 6) is 2.48. The summed E-state index contributed by atoms with van der Waals surface area (Å²) in [7, 11) is 3.35. The van der Waals surface area contributed by atoms with Crippen LogP contribution >= 0.6 is 0 Å². The van der Waals surface area contributed by atoms with Gasteiger partial charge in [-0.1, -0.05) is 78.2 Å². The molecule has 7 rings (SSSR count). The van der Waals surface area contributed by atoms with E-state index in [1.54, 1.807) is 14.2 Å². The van der Waals surface area contributed by atoms with Crippen LogP contribution < -0.4 is 14.2 Å². The molecule has 1 aliphatic heterocycles. The fourth-order valence-corrected chi connectivity index (χ4v) is 11.0. The largest absolute Gasteiger partial charge is 0.497 e. The van der Waals surface area contributed by atoms with Crippen LogP contribution in [0.2, 0.25) is 25.2 Å². The highest BCUT2D eigenvalue weighted by atomic mass is 28.3. The quantitative estimate of drug-likeness (QED) is 0.0953. The van der Waals surface area contributed by atoms with Crippen molar-refractivity contribution < 1.29 is 22.8 Å². The third kappa shape index (κ3) is 5.97. The Kier molecular flexibility index (Phi) is 9.67. The molecule has 0 aromatic heterocycles. The second-order valence-corrected chi connectivity index (χ2v) is 17.5. The van der Waals surface area contributed by atoms with Crippen LogP contribution in [-0.4, -0.2) is 42.8 Å². The van der Waals surface area contributed by atoms with E-state index in [0.717, 1.165) is 57.8 Å². The molecule has 0 spiro atoms. The van der Waals surface area contributed by atoms with E-state index in [1.807, 2.05) is 24.3 Å². The monoisotopic (exact) mass is 711 g/mol. The van der Waals surface area contributed by atoms with E-state index in [1.165, 1.54) is 38.8 Å². The van der Waals surface area contributed by atoms with Crippen molar-refractivity contribution in [2.45, 2.75) is 63.6 Å². The summed E-state index contributed by atoms with van der Waals surface area (Å²) in [5, 5.41) is 2.28. The summed E-state index contributed by atoms with van der Waals surface area (Å²) in [4.78, 5) is 0. The molecule has 2 aliphatic rings. The first-order chi connectivity index (χ1) is 24.2. The molecule has 50 heavy (non-hydrogen) atoms. The zero-order valence-electron chi connectivity index (χ0n) is 29.9. The molecule has 8 heteroatoms. The normalized spacial score (nSPS) is 17.0. The lowest BCUT2D eigenvalue weighted by atomic mass is 9.80. The maximum atomic E-state index is 7.53. The summed E-state index contributed by atoms with van der Waals surface area (Å²) >= 11 is 0. The summed E-state index contributed by atoms with van der Waals surface area (Å²) < 4.78 is 31.7. The molecule has 1 atom stereocenters. The lowest BCUT2D eigenvalue weighted by Gasteiger charge is -2.39. The van der Waals surface area contributed by atoms with Gasteiger partial charge in [0.2, 0.25) is 28.6 Å². The van der Waals surface area contributed by atoms with Gasteiger partial charge in [-0.3, -0.25) is 0 Å². The summed E-state index contributed by atoms with van der Waals surface area (Å²) in [5.41, 5.74) is 8.92. The standard InChI is InChI=1S/C42H43O5Si3/c1-27-9-19-33-36(25-27)40-35(21-22-42(45-40,29-11-15-31(43-4)16-12-29)30-13-17-32(44-5)18-14-30)39-38(33)34-20-10-28(2)26-37(34)41(39,3)46-50(7)24-8-23-49-47-48-6/h9-22,25-26H,8,23-24H2,1-7H3. The van der Waals surface area contributed by atoms with Gasteiger partial charge in [0.1, 0.15) is 22.8 Å². The van der Waals surface area contributed by atoms with Crippen LogP contribution in [0, 0.1) is 13.8 Å². The first-order valence-electron chi connectivity index (χ1n) is 17.2. The number of fused-ring (bicyclic) bond motifs is 8. The fourth-order valence-electron chi connectivity index (χ4n) is 7.63. The van der Waals surface area contributed by atoms with Gasteiger partial charge >= 0.3 is 0 Å². The lowest BCUT2D eigenvalue weighted by molar-refractivity contribution is 0.132. The molecule has 1 unspecified atom stereocenters. The lowest BCUT2D eigenvalue weighted by Crippen LogP contribution is -2.36. The zero-order valence-corrected chi connectivity index (χ0v) is 32.9. The Balaban J connectivity index is 1.44. The zero-order chi connectivity index (χ0) is 35.0. The number of rotatable bonds is 12. The van der Waals surface area contributed by atoms with Crippen molar-refractivity contribution >= 4 is 45.4 Å². The molecule has 5 nitrogen and oxygen atoms in total. The first kappa shape index (κ1) is 34.5. The molecule has 0 saturated carbocycles. The number of hydrogen-bond donors (Lipinski definition) is 0. The maximum Gasteiger partial charge on any atom is 0.214 e. The Bertz CT molecular complexity index is 2010. The molecule has 1 heterocycles. The van der Waals surface area contributed by atoms with Crippen LogP contribution in [0.4, 0.5) is 0 Å². The van der Waals surface area contributed by atoms with Gasteiger partial charge in [-0.15, -0.1) is 0 Å². The average Bonchev–Trinajstić information content (AvgIpc) is 3.38. The van der Waals surface area contributed by atoms with Crippen molar-refractivity contribution in [2.24, 2.45) is 0 Å². The predicted octanol–water partition coefficient (Wildman–Crippen LogP) is 9.82. The summed E-state index contributed by atoms with van der Waals surface area (Å²) in [6.07, 6.45) is 5.63. The van der Waals surface area contributed by atoms with E-state index in [4.69, 9.17) is 22.8 Å². The van der Waals surface area contributed by atoms with Gasteiger partial charge < -0.3 is 22.8 Å². The molecule has 0 saturated heterocycles. The predicted molar refractivity (Wildman–Crippen MR) is 207 cm³/mol. The highest BCUT2D eigenvalue weighted by Gasteiger charge is 2.47. The third-order valence-electron chi connectivity index (χ3n) is 10.0. The third-order valence-corrected chi connectivity index (χ3v) is 13.8. The second kappa shape index (κ2) is 14.0. The van der Waals surface area contributed by atoms with Crippen molar-refractivity contribution in [3.8, 4) is 28.4 Å². The van der Waals surface area contributed by atoms with E-state index in [0.29, 0.717) is 19.5 Å². The molecule has 1 aliphatic carbocycles. The van der Waals surface area contributed by atoms with Crippen LogP contribution in [0.25, 0.3) is 28.0 Å². The van der Waals surface area contributed by atoms with Crippen molar-refractivity contribution in [1.29, 1.82) is 0 Å². The molecule has 0 amide bonds. The first-order valence-corrected chi connectivity index (χ1v) is 21.8. The van der Waals surface area contributed by atoms with Crippen LogP contribution in [0.3, 0.4) is 0 Å². The molecule has 0 N–H and O–H groups in total. The van der Waals surface area contributed by atoms with E-state index in [9.17, 15) is 0 Å². The maximum absolute atomic E-state index is 7.53.